The number of benzene rings is 1. The number of hydrogen-bond acceptors (Lipinski definition) is 6. The number of nitrogens with two attached hydrogens (primary N) is 1. The van der Waals surface area contributed by atoms with Crippen molar-refractivity contribution in [3.8, 4) is 17.0 Å². The molecule has 0 atom stereocenters. The summed E-state index contributed by atoms with van der Waals surface area (Å²) in [5.74, 6) is 0.539. The van der Waals surface area contributed by atoms with Gasteiger partial charge in [-0.15, -0.1) is 11.3 Å². The van der Waals surface area contributed by atoms with E-state index in [1.807, 2.05) is 29.6 Å². The molecule has 1 saturated heterocycles. The molecule has 0 saturated carbocycles. The van der Waals surface area contributed by atoms with Gasteiger partial charge in [-0.2, -0.15) is 0 Å². The number of methoxy groups -OCH3 is 1. The van der Waals surface area contributed by atoms with E-state index in [1.54, 1.807) is 7.11 Å². The van der Waals surface area contributed by atoms with Crippen molar-refractivity contribution in [3.63, 3.8) is 0 Å². The molecule has 1 aliphatic heterocycles. The minimum absolute atomic E-state index is 0.207. The largest absolute Gasteiger partial charge is 0.496 e. The van der Waals surface area contributed by atoms with E-state index < -0.39 is 5.54 Å². The van der Waals surface area contributed by atoms with Crippen LogP contribution in [-0.2, 0) is 9.53 Å². The topological polar surface area (TPSA) is 86.5 Å². The number of anilines is 1. The molecule has 23 heavy (non-hydrogen) atoms. The Labute approximate surface area is 138 Å². The third-order valence-electron chi connectivity index (χ3n) is 3.94. The molecular formula is C16H19N3O3S. The molecule has 2 aromatic rings. The summed E-state index contributed by atoms with van der Waals surface area (Å²) in [6, 6.07) is 7.64. The summed E-state index contributed by atoms with van der Waals surface area (Å²) in [4.78, 5) is 16.9. The molecule has 0 radical (unpaired) electrons. The average molecular weight is 333 g/mol. The number of carbonyl (C=O) groups is 1. The third-order valence-corrected chi connectivity index (χ3v) is 4.70. The molecule has 0 bridgehead atoms. The molecule has 122 valence electrons. The smallest absolute Gasteiger partial charge is 0.246 e. The lowest BCUT2D eigenvalue weighted by atomic mass is 9.90. The van der Waals surface area contributed by atoms with Crippen molar-refractivity contribution < 1.29 is 14.3 Å². The number of hydrogen-bond donors (Lipinski definition) is 2. The maximum atomic E-state index is 12.4. The Kier molecular flexibility index (Phi) is 4.61. The molecule has 1 fully saturated rings. The van der Waals surface area contributed by atoms with Crippen LogP contribution in [0, 0.1) is 0 Å². The Morgan fingerprint density at radius 2 is 2.13 bits per heavy atom. The number of rotatable bonds is 4. The number of ether oxygens (including phenoxy) is 2. The van der Waals surface area contributed by atoms with Crippen LogP contribution in [-0.4, -0.2) is 36.8 Å². The van der Waals surface area contributed by atoms with E-state index >= 15 is 0 Å². The van der Waals surface area contributed by atoms with Gasteiger partial charge in [0, 0.05) is 24.2 Å². The number of amides is 1. The lowest BCUT2D eigenvalue weighted by Crippen LogP contribution is -2.54. The lowest BCUT2D eigenvalue weighted by Gasteiger charge is -2.31. The van der Waals surface area contributed by atoms with E-state index in [9.17, 15) is 4.79 Å². The van der Waals surface area contributed by atoms with Crippen molar-refractivity contribution in [1.29, 1.82) is 0 Å². The predicted octanol–water partition coefficient (Wildman–Crippen LogP) is 2.27. The van der Waals surface area contributed by atoms with Crippen molar-refractivity contribution in [1.82, 2.24) is 4.98 Å². The van der Waals surface area contributed by atoms with Crippen LogP contribution >= 0.6 is 11.3 Å². The van der Waals surface area contributed by atoms with Crippen LogP contribution < -0.4 is 15.8 Å². The molecule has 1 aromatic heterocycles. The van der Waals surface area contributed by atoms with Crippen molar-refractivity contribution in [2.75, 3.05) is 25.6 Å². The van der Waals surface area contributed by atoms with E-state index in [2.05, 4.69) is 10.3 Å². The van der Waals surface area contributed by atoms with Gasteiger partial charge in [0.15, 0.2) is 5.13 Å². The van der Waals surface area contributed by atoms with Crippen molar-refractivity contribution >= 4 is 22.4 Å². The number of para-hydroxylation sites is 1. The fourth-order valence-corrected chi connectivity index (χ4v) is 3.20. The maximum Gasteiger partial charge on any atom is 0.246 e. The standard InChI is InChI=1S/C16H19N3O3S/c1-21-13-5-3-2-4-11(13)12-10-23-15(18-12)19-14(20)16(17)6-8-22-9-7-16/h2-5,10H,6-9,17H2,1H3,(H,18,19,20). The van der Waals surface area contributed by atoms with E-state index in [1.165, 1.54) is 11.3 Å². The van der Waals surface area contributed by atoms with Crippen LogP contribution in [0.2, 0.25) is 0 Å². The first kappa shape index (κ1) is 15.9. The summed E-state index contributed by atoms with van der Waals surface area (Å²) < 4.78 is 10.6. The molecule has 1 aliphatic rings. The van der Waals surface area contributed by atoms with Gasteiger partial charge in [0.05, 0.1) is 12.8 Å². The Hall–Kier alpha value is -1.96. The molecule has 1 amide bonds. The highest BCUT2D eigenvalue weighted by Crippen LogP contribution is 2.32. The van der Waals surface area contributed by atoms with Gasteiger partial charge in [0.25, 0.3) is 0 Å². The third kappa shape index (κ3) is 3.36. The number of thiazole rings is 1. The predicted molar refractivity (Wildman–Crippen MR) is 89.7 cm³/mol. The molecule has 3 N–H and O–H groups in total. The molecule has 3 rings (SSSR count). The van der Waals surface area contributed by atoms with Gasteiger partial charge >= 0.3 is 0 Å². The SMILES string of the molecule is COc1ccccc1-c1csc(NC(=O)C2(N)CCOCC2)n1. The zero-order valence-electron chi connectivity index (χ0n) is 12.9. The molecule has 0 unspecified atom stereocenters. The molecular weight excluding hydrogens is 314 g/mol. The fourth-order valence-electron chi connectivity index (χ4n) is 2.50. The quantitative estimate of drug-likeness (QED) is 0.896. The van der Waals surface area contributed by atoms with Gasteiger partial charge in [-0.1, -0.05) is 12.1 Å². The highest BCUT2D eigenvalue weighted by atomic mass is 32.1. The van der Waals surface area contributed by atoms with Gasteiger partial charge < -0.3 is 20.5 Å². The molecule has 0 spiro atoms. The van der Waals surface area contributed by atoms with Crippen molar-refractivity contribution in [2.24, 2.45) is 5.73 Å². The minimum Gasteiger partial charge on any atom is -0.496 e. The van der Waals surface area contributed by atoms with Gasteiger partial charge in [-0.25, -0.2) is 4.98 Å². The summed E-state index contributed by atoms with van der Waals surface area (Å²) in [5, 5.41) is 5.25. The van der Waals surface area contributed by atoms with Crippen LogP contribution in [0.25, 0.3) is 11.3 Å². The maximum absolute atomic E-state index is 12.4. The lowest BCUT2D eigenvalue weighted by molar-refractivity contribution is -0.124. The Morgan fingerprint density at radius 1 is 1.39 bits per heavy atom. The summed E-state index contributed by atoms with van der Waals surface area (Å²) in [5.41, 5.74) is 6.95. The first-order valence-electron chi connectivity index (χ1n) is 7.39. The first-order valence-corrected chi connectivity index (χ1v) is 8.27. The van der Waals surface area contributed by atoms with Gasteiger partial charge in [-0.3, -0.25) is 4.79 Å². The van der Waals surface area contributed by atoms with E-state index in [0.29, 0.717) is 31.2 Å². The fraction of sp³-hybridized carbons (Fsp3) is 0.375. The van der Waals surface area contributed by atoms with Crippen LogP contribution in [0.15, 0.2) is 29.6 Å². The second-order valence-corrected chi connectivity index (χ2v) is 6.32. The van der Waals surface area contributed by atoms with E-state index in [4.69, 9.17) is 15.2 Å². The van der Waals surface area contributed by atoms with Crippen LogP contribution in [0.4, 0.5) is 5.13 Å². The van der Waals surface area contributed by atoms with Crippen LogP contribution in [0.5, 0.6) is 5.75 Å². The minimum atomic E-state index is -0.880. The molecule has 2 heterocycles. The van der Waals surface area contributed by atoms with Gasteiger partial charge in [0.2, 0.25) is 5.91 Å². The van der Waals surface area contributed by atoms with Crippen LogP contribution in [0.1, 0.15) is 12.8 Å². The first-order chi connectivity index (χ1) is 11.1. The monoisotopic (exact) mass is 333 g/mol. The van der Waals surface area contributed by atoms with Gasteiger partial charge in [0.1, 0.15) is 11.3 Å². The Bertz CT molecular complexity index is 695. The average Bonchev–Trinajstić information content (AvgIpc) is 3.04. The van der Waals surface area contributed by atoms with Crippen molar-refractivity contribution in [2.45, 2.75) is 18.4 Å². The van der Waals surface area contributed by atoms with E-state index in [0.717, 1.165) is 17.0 Å². The second kappa shape index (κ2) is 6.66. The number of aromatic nitrogens is 1. The van der Waals surface area contributed by atoms with Crippen LogP contribution in [0.3, 0.4) is 0 Å². The highest BCUT2D eigenvalue weighted by molar-refractivity contribution is 7.14. The zero-order valence-corrected chi connectivity index (χ0v) is 13.7. The van der Waals surface area contributed by atoms with E-state index in [-0.39, 0.29) is 5.91 Å². The second-order valence-electron chi connectivity index (χ2n) is 5.46. The van der Waals surface area contributed by atoms with Gasteiger partial charge in [-0.05, 0) is 25.0 Å². The molecule has 0 aliphatic carbocycles. The summed E-state index contributed by atoms with van der Waals surface area (Å²) >= 11 is 1.37. The zero-order chi connectivity index (χ0) is 16.3. The summed E-state index contributed by atoms with van der Waals surface area (Å²) in [6.45, 7) is 1.02. The Morgan fingerprint density at radius 3 is 2.87 bits per heavy atom. The molecule has 6 nitrogen and oxygen atoms in total. The van der Waals surface area contributed by atoms with Crippen molar-refractivity contribution in [3.05, 3.63) is 29.6 Å². The summed E-state index contributed by atoms with van der Waals surface area (Å²) in [7, 11) is 1.62. The highest BCUT2D eigenvalue weighted by Gasteiger charge is 2.36. The normalized spacial score (nSPS) is 16.8. The number of nitrogens with zero attached hydrogens (tertiary/aromatic N) is 1. The Balaban J connectivity index is 1.76. The summed E-state index contributed by atoms with van der Waals surface area (Å²) in [6.07, 6.45) is 1.03. The molecule has 7 heteroatoms. The number of nitrogens with one attached hydrogen (secondary N) is 1. The number of carbonyl (C=O) groups excluding carboxylic acids is 1. The molecule has 1 aromatic carbocycles.